The van der Waals surface area contributed by atoms with Crippen LogP contribution in [-0.2, 0) is 0 Å². The van der Waals surface area contributed by atoms with Crippen LogP contribution in [-0.4, -0.2) is 27.8 Å². The Hall–Kier alpha value is -1.96. The van der Waals surface area contributed by atoms with Crippen LogP contribution in [0.15, 0.2) is 0 Å². The third kappa shape index (κ3) is 2.10. The predicted molar refractivity (Wildman–Crippen MR) is 51.5 cm³/mol. The number of nitrogens with two attached hydrogens (primary N) is 1. The Morgan fingerprint density at radius 2 is 2.20 bits per heavy atom. The number of nitrogens with zero attached hydrogens (tertiary/aromatic N) is 3. The minimum Gasteiger partial charge on any atom is -0.378 e. The van der Waals surface area contributed by atoms with Crippen molar-refractivity contribution < 1.29 is 9.72 Å². The molecule has 1 heterocycles. The average Bonchev–Trinajstić information content (AvgIpc) is 2.14. The molecule has 0 aliphatic carbocycles. The van der Waals surface area contributed by atoms with Crippen molar-refractivity contribution in [1.29, 1.82) is 0 Å². The molecule has 0 atom stereocenters. The van der Waals surface area contributed by atoms with Crippen molar-refractivity contribution >= 4 is 29.0 Å². The Labute approximate surface area is 88.6 Å². The van der Waals surface area contributed by atoms with Crippen LogP contribution >= 0.6 is 11.6 Å². The molecule has 0 aliphatic rings. The molecule has 3 N–H and O–H groups in total. The van der Waals surface area contributed by atoms with Crippen molar-refractivity contribution in [3.05, 3.63) is 21.1 Å². The molecule has 0 saturated carbocycles. The molecule has 0 saturated heterocycles. The van der Waals surface area contributed by atoms with E-state index in [4.69, 9.17) is 17.3 Å². The monoisotopic (exact) mass is 231 g/mol. The smallest absolute Gasteiger partial charge is 0.348 e. The number of aromatic nitrogens is 2. The lowest BCUT2D eigenvalue weighted by Gasteiger charge is -2.01. The van der Waals surface area contributed by atoms with Gasteiger partial charge in [0.25, 0.3) is 5.91 Å². The van der Waals surface area contributed by atoms with Crippen LogP contribution in [0.3, 0.4) is 0 Å². The van der Waals surface area contributed by atoms with E-state index >= 15 is 0 Å². The number of rotatable bonds is 2. The quantitative estimate of drug-likeness (QED) is 0.419. The first-order chi connectivity index (χ1) is 6.97. The van der Waals surface area contributed by atoms with E-state index < -0.39 is 27.5 Å². The van der Waals surface area contributed by atoms with E-state index in [9.17, 15) is 14.9 Å². The molecule has 0 spiro atoms. The van der Waals surface area contributed by atoms with Crippen LogP contribution in [0.1, 0.15) is 10.6 Å². The maximum absolute atomic E-state index is 11.1. The Kier molecular flexibility index (Phi) is 3.00. The Morgan fingerprint density at radius 3 is 2.60 bits per heavy atom. The molecule has 1 aromatic heterocycles. The van der Waals surface area contributed by atoms with Gasteiger partial charge in [-0.2, -0.15) is 4.98 Å². The van der Waals surface area contributed by atoms with Gasteiger partial charge in [0.1, 0.15) is 0 Å². The van der Waals surface area contributed by atoms with E-state index in [1.165, 1.54) is 7.05 Å². The number of hydrogen-bond donors (Lipinski definition) is 2. The van der Waals surface area contributed by atoms with Crippen molar-refractivity contribution in [3.63, 3.8) is 0 Å². The van der Waals surface area contributed by atoms with Crippen LogP contribution in [0.4, 0.5) is 11.5 Å². The standard InChI is InChI=1S/C6H6ClN5O3/c1-9-6(13)5-10-3(7)2(12(14)15)4(8)11-5/h1H3,(H,9,13)(H2,8,10,11). The SMILES string of the molecule is CNC(=O)c1nc(N)c([N+](=O)[O-])c(Cl)n1. The zero-order chi connectivity index (χ0) is 11.6. The summed E-state index contributed by atoms with van der Waals surface area (Å²) in [6.45, 7) is 0. The molecule has 8 nitrogen and oxygen atoms in total. The van der Waals surface area contributed by atoms with Gasteiger partial charge in [-0.3, -0.25) is 14.9 Å². The maximum Gasteiger partial charge on any atom is 0.348 e. The highest BCUT2D eigenvalue weighted by Gasteiger charge is 2.23. The Bertz CT molecular complexity index is 412. The summed E-state index contributed by atoms with van der Waals surface area (Å²) >= 11 is 5.48. The summed E-state index contributed by atoms with van der Waals surface area (Å²) in [5, 5.41) is 12.2. The number of carbonyl (C=O) groups is 1. The molecule has 1 aromatic rings. The molecule has 0 radical (unpaired) electrons. The summed E-state index contributed by atoms with van der Waals surface area (Å²) in [6, 6.07) is 0. The summed E-state index contributed by atoms with van der Waals surface area (Å²) in [7, 11) is 1.36. The van der Waals surface area contributed by atoms with Crippen molar-refractivity contribution in [2.45, 2.75) is 0 Å². The van der Waals surface area contributed by atoms with Crippen LogP contribution < -0.4 is 11.1 Å². The number of amides is 1. The molecule has 15 heavy (non-hydrogen) atoms. The molecular weight excluding hydrogens is 226 g/mol. The second kappa shape index (κ2) is 4.05. The van der Waals surface area contributed by atoms with Crippen molar-refractivity contribution in [3.8, 4) is 0 Å². The fraction of sp³-hybridized carbons (Fsp3) is 0.167. The largest absolute Gasteiger partial charge is 0.378 e. The lowest BCUT2D eigenvalue weighted by atomic mass is 10.4. The fourth-order valence-electron chi connectivity index (χ4n) is 0.826. The van der Waals surface area contributed by atoms with Crippen molar-refractivity contribution in [1.82, 2.24) is 15.3 Å². The number of carbonyl (C=O) groups excluding carboxylic acids is 1. The summed E-state index contributed by atoms with van der Waals surface area (Å²) in [6.07, 6.45) is 0. The highest BCUT2D eigenvalue weighted by molar-refractivity contribution is 6.32. The molecular formula is C6H6ClN5O3. The van der Waals surface area contributed by atoms with E-state index in [1.54, 1.807) is 0 Å². The van der Waals surface area contributed by atoms with Crippen LogP contribution in [0.5, 0.6) is 0 Å². The highest BCUT2D eigenvalue weighted by atomic mass is 35.5. The summed E-state index contributed by atoms with van der Waals surface area (Å²) in [5.41, 5.74) is 4.65. The number of anilines is 1. The van der Waals surface area contributed by atoms with Gasteiger partial charge in [-0.25, -0.2) is 4.98 Å². The summed E-state index contributed by atoms with van der Waals surface area (Å²) in [5.74, 6) is -1.39. The third-order valence-corrected chi connectivity index (χ3v) is 1.74. The molecule has 9 heteroatoms. The molecule has 0 unspecified atom stereocenters. The molecule has 0 bridgehead atoms. The minimum absolute atomic E-state index is 0.314. The van der Waals surface area contributed by atoms with Gasteiger partial charge in [-0.05, 0) is 0 Å². The van der Waals surface area contributed by atoms with E-state index in [2.05, 4.69) is 15.3 Å². The van der Waals surface area contributed by atoms with Gasteiger partial charge in [-0.1, -0.05) is 11.6 Å². The van der Waals surface area contributed by atoms with Gasteiger partial charge < -0.3 is 11.1 Å². The van der Waals surface area contributed by atoms with E-state index in [0.29, 0.717) is 0 Å². The van der Waals surface area contributed by atoms with Gasteiger partial charge in [0, 0.05) is 7.05 Å². The highest BCUT2D eigenvalue weighted by Crippen LogP contribution is 2.26. The minimum atomic E-state index is -0.814. The van der Waals surface area contributed by atoms with Crippen LogP contribution in [0, 0.1) is 10.1 Å². The van der Waals surface area contributed by atoms with Crippen LogP contribution in [0.2, 0.25) is 5.15 Å². The Morgan fingerprint density at radius 1 is 1.60 bits per heavy atom. The zero-order valence-electron chi connectivity index (χ0n) is 7.52. The zero-order valence-corrected chi connectivity index (χ0v) is 8.28. The van der Waals surface area contributed by atoms with Gasteiger partial charge in [0.05, 0.1) is 4.92 Å². The Balaban J connectivity index is 3.31. The van der Waals surface area contributed by atoms with E-state index in [-0.39, 0.29) is 5.82 Å². The first-order valence-corrected chi connectivity index (χ1v) is 4.04. The molecule has 0 aromatic carbocycles. The van der Waals surface area contributed by atoms with E-state index in [1.807, 2.05) is 0 Å². The predicted octanol–water partition coefficient (Wildman–Crippen LogP) is -0.0200. The first-order valence-electron chi connectivity index (χ1n) is 3.66. The molecule has 0 aliphatic heterocycles. The normalized spacial score (nSPS) is 9.73. The van der Waals surface area contributed by atoms with Gasteiger partial charge >= 0.3 is 5.69 Å². The van der Waals surface area contributed by atoms with Gasteiger partial charge in [0.2, 0.25) is 16.8 Å². The fourth-order valence-corrected chi connectivity index (χ4v) is 1.07. The first kappa shape index (κ1) is 11.1. The number of nitro groups is 1. The molecule has 1 rings (SSSR count). The van der Waals surface area contributed by atoms with Gasteiger partial charge in [-0.15, -0.1) is 0 Å². The number of nitrogens with one attached hydrogen (secondary N) is 1. The second-order valence-electron chi connectivity index (χ2n) is 2.41. The number of hydrogen-bond acceptors (Lipinski definition) is 6. The second-order valence-corrected chi connectivity index (χ2v) is 2.77. The molecule has 0 fully saturated rings. The van der Waals surface area contributed by atoms with Crippen molar-refractivity contribution in [2.75, 3.05) is 12.8 Å². The maximum atomic E-state index is 11.1. The lowest BCUT2D eigenvalue weighted by molar-refractivity contribution is -0.384. The lowest BCUT2D eigenvalue weighted by Crippen LogP contribution is -2.21. The van der Waals surface area contributed by atoms with E-state index in [0.717, 1.165) is 0 Å². The topological polar surface area (TPSA) is 124 Å². The summed E-state index contributed by atoms with van der Waals surface area (Å²) < 4.78 is 0. The average molecular weight is 232 g/mol. The van der Waals surface area contributed by atoms with Crippen molar-refractivity contribution in [2.24, 2.45) is 0 Å². The third-order valence-electron chi connectivity index (χ3n) is 1.48. The number of nitrogen functional groups attached to an aromatic ring is 1. The summed E-state index contributed by atoms with van der Waals surface area (Å²) in [4.78, 5) is 27.6. The number of halogens is 1. The molecule has 80 valence electrons. The van der Waals surface area contributed by atoms with Gasteiger partial charge in [0.15, 0.2) is 0 Å². The van der Waals surface area contributed by atoms with Crippen LogP contribution in [0.25, 0.3) is 0 Å². The molecule has 1 amide bonds.